The first-order valence-corrected chi connectivity index (χ1v) is 8.33. The Morgan fingerprint density at radius 1 is 1.38 bits per heavy atom. The third kappa shape index (κ3) is 4.17. The van der Waals surface area contributed by atoms with E-state index in [0.29, 0.717) is 19.5 Å². The maximum absolute atomic E-state index is 11.9. The summed E-state index contributed by atoms with van der Waals surface area (Å²) in [6.45, 7) is 3.85. The fraction of sp³-hybridized carbons (Fsp3) is 0.529. The van der Waals surface area contributed by atoms with Gasteiger partial charge in [-0.2, -0.15) is 0 Å². The number of rotatable bonds is 6. The molecule has 3 rings (SSSR count). The molecule has 1 N–H and O–H groups in total. The molecule has 0 saturated carbocycles. The van der Waals surface area contributed by atoms with Crippen LogP contribution in [0.15, 0.2) is 31.1 Å². The Labute approximate surface area is 141 Å². The van der Waals surface area contributed by atoms with Crippen molar-refractivity contribution in [1.29, 1.82) is 0 Å². The molecule has 2 aromatic rings. The summed E-state index contributed by atoms with van der Waals surface area (Å²) >= 11 is 0. The topological polar surface area (TPSA) is 81.9 Å². The average Bonchev–Trinajstić information content (AvgIpc) is 3.13. The first-order valence-electron chi connectivity index (χ1n) is 8.33. The summed E-state index contributed by atoms with van der Waals surface area (Å²) in [6, 6.07) is 0. The largest absolute Gasteiger partial charge is 0.367 e. The van der Waals surface area contributed by atoms with Gasteiger partial charge in [-0.3, -0.25) is 4.79 Å². The third-order valence-electron chi connectivity index (χ3n) is 4.29. The Hall–Kier alpha value is -2.28. The second-order valence-electron chi connectivity index (χ2n) is 6.28. The van der Waals surface area contributed by atoms with E-state index >= 15 is 0 Å². The van der Waals surface area contributed by atoms with E-state index in [4.69, 9.17) is 4.74 Å². The molecule has 1 atom stereocenters. The zero-order valence-electron chi connectivity index (χ0n) is 13.9. The van der Waals surface area contributed by atoms with Crippen molar-refractivity contribution < 1.29 is 9.53 Å². The van der Waals surface area contributed by atoms with E-state index < -0.39 is 0 Å². The maximum Gasteiger partial charge on any atom is 0.222 e. The molecule has 0 bridgehead atoms. The number of amides is 1. The van der Waals surface area contributed by atoms with Crippen molar-refractivity contribution >= 4 is 5.91 Å². The van der Waals surface area contributed by atoms with Crippen LogP contribution >= 0.6 is 0 Å². The molecule has 0 radical (unpaired) electrons. The van der Waals surface area contributed by atoms with Gasteiger partial charge in [-0.05, 0) is 26.2 Å². The van der Waals surface area contributed by atoms with Crippen LogP contribution in [0.5, 0.6) is 0 Å². The summed E-state index contributed by atoms with van der Waals surface area (Å²) in [7, 11) is 0. The number of ether oxygens (including phenoxy) is 1. The molecule has 1 amide bonds. The minimum absolute atomic E-state index is 0.00430. The lowest BCUT2D eigenvalue weighted by Gasteiger charge is -2.32. The molecule has 3 heterocycles. The van der Waals surface area contributed by atoms with Crippen molar-refractivity contribution in [3.05, 3.63) is 42.5 Å². The van der Waals surface area contributed by atoms with Crippen molar-refractivity contribution in [2.24, 2.45) is 0 Å². The van der Waals surface area contributed by atoms with E-state index in [2.05, 4.69) is 20.3 Å². The summed E-state index contributed by atoms with van der Waals surface area (Å²) in [5, 5.41) is 2.89. The van der Waals surface area contributed by atoms with Crippen molar-refractivity contribution in [3.8, 4) is 0 Å². The van der Waals surface area contributed by atoms with Gasteiger partial charge >= 0.3 is 0 Å². The Kier molecular flexibility index (Phi) is 5.20. The van der Waals surface area contributed by atoms with Gasteiger partial charge in [0, 0.05) is 56.5 Å². The lowest BCUT2D eigenvalue weighted by molar-refractivity contribution is -0.121. The van der Waals surface area contributed by atoms with Gasteiger partial charge in [-0.1, -0.05) is 0 Å². The molecule has 128 valence electrons. The lowest BCUT2D eigenvalue weighted by atomic mass is 9.95. The molecule has 1 unspecified atom stereocenters. The molecule has 1 aliphatic heterocycles. The highest BCUT2D eigenvalue weighted by Gasteiger charge is 2.32. The summed E-state index contributed by atoms with van der Waals surface area (Å²) < 4.78 is 7.73. The standard InChI is InChI=1S/C17H23N5O2/c1-17(5-2-3-9-24-17)16-20-11-14(12-21-16)10-19-15(23)4-7-22-8-6-18-13-22/h6,8,11-13H,2-5,7,9-10H2,1H3,(H,19,23). The highest BCUT2D eigenvalue weighted by Crippen LogP contribution is 2.32. The van der Waals surface area contributed by atoms with Crippen LogP contribution in [0.1, 0.15) is 44.0 Å². The molecule has 7 nitrogen and oxygen atoms in total. The second kappa shape index (κ2) is 7.53. The number of hydrogen-bond acceptors (Lipinski definition) is 5. The molecular formula is C17H23N5O2. The van der Waals surface area contributed by atoms with Crippen LogP contribution in [-0.4, -0.2) is 32.0 Å². The second-order valence-corrected chi connectivity index (χ2v) is 6.28. The lowest BCUT2D eigenvalue weighted by Crippen LogP contribution is -2.32. The first kappa shape index (κ1) is 16.6. The fourth-order valence-corrected chi connectivity index (χ4v) is 2.77. The molecule has 24 heavy (non-hydrogen) atoms. The van der Waals surface area contributed by atoms with E-state index in [1.165, 1.54) is 0 Å². The molecular weight excluding hydrogens is 306 g/mol. The van der Waals surface area contributed by atoms with Gasteiger partial charge in [0.25, 0.3) is 0 Å². The quantitative estimate of drug-likeness (QED) is 0.874. The predicted molar refractivity (Wildman–Crippen MR) is 87.9 cm³/mol. The number of imidazole rings is 1. The fourth-order valence-electron chi connectivity index (χ4n) is 2.77. The van der Waals surface area contributed by atoms with Crippen molar-refractivity contribution in [1.82, 2.24) is 24.8 Å². The van der Waals surface area contributed by atoms with Gasteiger partial charge in [-0.25, -0.2) is 15.0 Å². The van der Waals surface area contributed by atoms with Crippen LogP contribution in [0.25, 0.3) is 0 Å². The molecule has 0 aromatic carbocycles. The van der Waals surface area contributed by atoms with Gasteiger partial charge in [0.1, 0.15) is 5.60 Å². The first-order chi connectivity index (χ1) is 11.7. The summed E-state index contributed by atoms with van der Waals surface area (Å²) in [5.41, 5.74) is 0.499. The van der Waals surface area contributed by atoms with Crippen LogP contribution < -0.4 is 5.32 Å². The van der Waals surface area contributed by atoms with Crippen molar-refractivity contribution in [3.63, 3.8) is 0 Å². The molecule has 1 fully saturated rings. The van der Waals surface area contributed by atoms with Gasteiger partial charge in [-0.15, -0.1) is 0 Å². The zero-order chi connectivity index (χ0) is 16.8. The van der Waals surface area contributed by atoms with Crippen LogP contribution in [0.3, 0.4) is 0 Å². The number of nitrogens with one attached hydrogen (secondary N) is 1. The normalized spacial score (nSPS) is 20.7. The summed E-state index contributed by atoms with van der Waals surface area (Å²) in [6.07, 6.45) is 12.4. The molecule has 0 spiro atoms. The van der Waals surface area contributed by atoms with E-state index in [0.717, 1.165) is 37.3 Å². The maximum atomic E-state index is 11.9. The van der Waals surface area contributed by atoms with Gasteiger partial charge in [0.15, 0.2) is 5.82 Å². The predicted octanol–water partition coefficient (Wildman–Crippen LogP) is 1.80. The molecule has 1 aliphatic rings. The Balaban J connectivity index is 1.48. The van der Waals surface area contributed by atoms with Crippen molar-refractivity contribution in [2.45, 2.75) is 51.3 Å². The number of carbonyl (C=O) groups is 1. The number of carbonyl (C=O) groups excluding carboxylic acids is 1. The summed E-state index contributed by atoms with van der Waals surface area (Å²) in [4.78, 5) is 24.7. The van der Waals surface area contributed by atoms with Crippen molar-refractivity contribution in [2.75, 3.05) is 6.61 Å². The molecule has 7 heteroatoms. The number of aromatic nitrogens is 4. The van der Waals surface area contributed by atoms with Gasteiger partial charge < -0.3 is 14.6 Å². The van der Waals surface area contributed by atoms with E-state index in [-0.39, 0.29) is 11.5 Å². The number of nitrogens with zero attached hydrogens (tertiary/aromatic N) is 4. The zero-order valence-corrected chi connectivity index (χ0v) is 13.9. The highest BCUT2D eigenvalue weighted by molar-refractivity contribution is 5.75. The Bertz CT molecular complexity index is 648. The van der Waals surface area contributed by atoms with E-state index in [1.54, 1.807) is 24.9 Å². The van der Waals surface area contributed by atoms with E-state index in [9.17, 15) is 4.79 Å². The number of aryl methyl sites for hydroxylation is 1. The van der Waals surface area contributed by atoms with Crippen LogP contribution in [0.4, 0.5) is 0 Å². The van der Waals surface area contributed by atoms with Crippen LogP contribution in [0.2, 0.25) is 0 Å². The third-order valence-corrected chi connectivity index (χ3v) is 4.29. The number of hydrogen-bond donors (Lipinski definition) is 1. The van der Waals surface area contributed by atoms with Gasteiger partial charge in [0.05, 0.1) is 6.33 Å². The highest BCUT2D eigenvalue weighted by atomic mass is 16.5. The SMILES string of the molecule is CC1(c2ncc(CNC(=O)CCn3ccnc3)cn2)CCCCO1. The monoisotopic (exact) mass is 329 g/mol. The molecule has 0 aliphatic carbocycles. The van der Waals surface area contributed by atoms with Crippen LogP contribution in [0, 0.1) is 0 Å². The minimum atomic E-state index is -0.384. The minimum Gasteiger partial charge on any atom is -0.367 e. The average molecular weight is 329 g/mol. The Morgan fingerprint density at radius 3 is 2.88 bits per heavy atom. The molecule has 2 aromatic heterocycles. The molecule has 1 saturated heterocycles. The van der Waals surface area contributed by atoms with Gasteiger partial charge in [0.2, 0.25) is 5.91 Å². The van der Waals surface area contributed by atoms with E-state index in [1.807, 2.05) is 17.7 Å². The van der Waals surface area contributed by atoms with Crippen LogP contribution in [-0.2, 0) is 28.2 Å². The Morgan fingerprint density at radius 2 is 2.21 bits per heavy atom. The smallest absolute Gasteiger partial charge is 0.222 e. The summed E-state index contributed by atoms with van der Waals surface area (Å²) in [5.74, 6) is 0.715.